The van der Waals surface area contributed by atoms with Crippen molar-refractivity contribution in [3.63, 3.8) is 0 Å². The van der Waals surface area contributed by atoms with Crippen LogP contribution in [0.3, 0.4) is 0 Å². The molecule has 0 spiro atoms. The number of benzene rings is 1. The maximum Gasteiger partial charge on any atom is 0.234 e. The average Bonchev–Trinajstić information content (AvgIpc) is 2.61. The van der Waals surface area contributed by atoms with Gasteiger partial charge in [0, 0.05) is 3.57 Å². The molecule has 2 aliphatic heterocycles. The lowest BCUT2D eigenvalue weighted by Gasteiger charge is -2.25. The second-order valence-corrected chi connectivity index (χ2v) is 6.02. The molecule has 1 fully saturated rings. The maximum atomic E-state index is 12.3. The van der Waals surface area contributed by atoms with E-state index in [4.69, 9.17) is 4.74 Å². The highest BCUT2D eigenvalue weighted by atomic mass is 127. The van der Waals surface area contributed by atoms with E-state index in [1.165, 1.54) is 0 Å². The van der Waals surface area contributed by atoms with Gasteiger partial charge in [0.05, 0.1) is 36.0 Å². The molecule has 90 valence electrons. The normalized spacial score (nSPS) is 30.9. The van der Waals surface area contributed by atoms with Crippen molar-refractivity contribution in [1.29, 1.82) is 0 Å². The van der Waals surface area contributed by atoms with Crippen molar-refractivity contribution >= 4 is 39.9 Å². The topological polar surface area (TPSA) is 50.4 Å². The standard InChI is InChI=1S/C12H13IN2O2/c1-12-6-17-5-10(12)14-8-3-2-7(13)4-9(8)15-11(12)16/h2-4,10,14H,5-6H2,1H3,(H,15,16). The Morgan fingerprint density at radius 2 is 2.29 bits per heavy atom. The molecule has 1 aromatic rings. The fraction of sp³-hybridized carbons (Fsp3) is 0.417. The van der Waals surface area contributed by atoms with Gasteiger partial charge in [-0.05, 0) is 47.7 Å². The number of anilines is 2. The predicted molar refractivity (Wildman–Crippen MR) is 74.1 cm³/mol. The molecule has 0 aliphatic carbocycles. The molecule has 0 aromatic heterocycles. The van der Waals surface area contributed by atoms with Gasteiger partial charge >= 0.3 is 0 Å². The maximum absolute atomic E-state index is 12.3. The Kier molecular flexibility index (Phi) is 2.55. The molecule has 0 saturated carbocycles. The number of carbonyl (C=O) groups excluding carboxylic acids is 1. The van der Waals surface area contributed by atoms with Crippen molar-refractivity contribution in [3.8, 4) is 0 Å². The smallest absolute Gasteiger partial charge is 0.234 e. The number of amides is 1. The number of ether oxygens (including phenoxy) is 1. The van der Waals surface area contributed by atoms with Gasteiger partial charge in [0.15, 0.2) is 0 Å². The highest BCUT2D eigenvalue weighted by molar-refractivity contribution is 14.1. The molecule has 4 nitrogen and oxygen atoms in total. The first kappa shape index (κ1) is 11.3. The molecule has 5 heteroatoms. The SMILES string of the molecule is CC12COCC1Nc1ccc(I)cc1NC2=O. The van der Waals surface area contributed by atoms with Gasteiger partial charge in [-0.15, -0.1) is 0 Å². The van der Waals surface area contributed by atoms with E-state index in [0.717, 1.165) is 14.9 Å². The summed E-state index contributed by atoms with van der Waals surface area (Å²) in [6, 6.07) is 6.05. The molecular formula is C12H13IN2O2. The largest absolute Gasteiger partial charge is 0.378 e. The minimum Gasteiger partial charge on any atom is -0.378 e. The van der Waals surface area contributed by atoms with Crippen LogP contribution in [0.4, 0.5) is 11.4 Å². The van der Waals surface area contributed by atoms with E-state index in [2.05, 4.69) is 33.2 Å². The van der Waals surface area contributed by atoms with Gasteiger partial charge < -0.3 is 15.4 Å². The molecule has 1 aromatic carbocycles. The number of halogens is 1. The molecule has 17 heavy (non-hydrogen) atoms. The summed E-state index contributed by atoms with van der Waals surface area (Å²) in [6.45, 7) is 3.00. The third-order valence-corrected chi connectivity index (χ3v) is 4.20. The zero-order chi connectivity index (χ0) is 12.0. The van der Waals surface area contributed by atoms with Gasteiger partial charge in [0.2, 0.25) is 5.91 Å². The highest BCUT2D eigenvalue weighted by Crippen LogP contribution is 2.38. The molecular weight excluding hydrogens is 331 g/mol. The molecule has 1 saturated heterocycles. The van der Waals surface area contributed by atoms with Crippen LogP contribution in [0.2, 0.25) is 0 Å². The molecule has 0 radical (unpaired) electrons. The quantitative estimate of drug-likeness (QED) is 0.709. The lowest BCUT2D eigenvalue weighted by atomic mass is 9.84. The molecule has 2 atom stereocenters. The Bertz CT molecular complexity index is 491. The van der Waals surface area contributed by atoms with Gasteiger partial charge in [-0.3, -0.25) is 4.79 Å². The first-order chi connectivity index (χ1) is 8.09. The molecule has 3 rings (SSSR count). The van der Waals surface area contributed by atoms with Gasteiger partial charge in [0.1, 0.15) is 0 Å². The summed E-state index contributed by atoms with van der Waals surface area (Å²) in [5.41, 5.74) is 1.35. The molecule has 2 heterocycles. The zero-order valence-corrected chi connectivity index (χ0v) is 11.6. The average molecular weight is 344 g/mol. The van der Waals surface area contributed by atoms with E-state index in [9.17, 15) is 4.79 Å². The van der Waals surface area contributed by atoms with Crippen molar-refractivity contribution in [2.75, 3.05) is 23.8 Å². The fourth-order valence-corrected chi connectivity index (χ4v) is 2.79. The minimum atomic E-state index is -0.482. The summed E-state index contributed by atoms with van der Waals surface area (Å²) in [5, 5.41) is 6.40. The first-order valence-electron chi connectivity index (χ1n) is 5.55. The number of hydrogen-bond acceptors (Lipinski definition) is 3. The van der Waals surface area contributed by atoms with Crippen molar-refractivity contribution < 1.29 is 9.53 Å². The fourth-order valence-electron chi connectivity index (χ4n) is 2.30. The van der Waals surface area contributed by atoms with Crippen molar-refractivity contribution in [3.05, 3.63) is 21.8 Å². The van der Waals surface area contributed by atoms with Crippen LogP contribution in [0, 0.1) is 8.99 Å². The number of hydrogen-bond donors (Lipinski definition) is 2. The molecule has 0 bridgehead atoms. The Hall–Kier alpha value is -0.820. The second-order valence-electron chi connectivity index (χ2n) is 4.77. The molecule has 2 aliphatic rings. The van der Waals surface area contributed by atoms with Crippen LogP contribution in [0.15, 0.2) is 18.2 Å². The van der Waals surface area contributed by atoms with E-state index in [-0.39, 0.29) is 11.9 Å². The number of nitrogens with one attached hydrogen (secondary N) is 2. The summed E-state index contributed by atoms with van der Waals surface area (Å²) < 4.78 is 6.54. The minimum absolute atomic E-state index is 0.0354. The van der Waals surface area contributed by atoms with Crippen molar-refractivity contribution in [1.82, 2.24) is 0 Å². The number of carbonyl (C=O) groups is 1. The highest BCUT2D eigenvalue weighted by Gasteiger charge is 2.48. The lowest BCUT2D eigenvalue weighted by Crippen LogP contribution is -2.44. The van der Waals surface area contributed by atoms with Crippen LogP contribution >= 0.6 is 22.6 Å². The summed E-state index contributed by atoms with van der Waals surface area (Å²) in [6.07, 6.45) is 0. The summed E-state index contributed by atoms with van der Waals surface area (Å²) in [4.78, 5) is 12.3. The summed E-state index contributed by atoms with van der Waals surface area (Å²) >= 11 is 2.24. The van der Waals surface area contributed by atoms with Gasteiger partial charge in [0.25, 0.3) is 0 Å². The van der Waals surface area contributed by atoms with Gasteiger partial charge in [-0.1, -0.05) is 0 Å². The third kappa shape index (κ3) is 1.72. The van der Waals surface area contributed by atoms with E-state index >= 15 is 0 Å². The van der Waals surface area contributed by atoms with Gasteiger partial charge in [-0.25, -0.2) is 0 Å². The van der Waals surface area contributed by atoms with Crippen LogP contribution in [-0.4, -0.2) is 25.2 Å². The number of fused-ring (bicyclic) bond motifs is 2. The predicted octanol–water partition coefficient (Wildman–Crippen LogP) is 2.06. The van der Waals surface area contributed by atoms with Crippen LogP contribution in [0.25, 0.3) is 0 Å². The molecule has 1 amide bonds. The molecule has 2 unspecified atom stereocenters. The van der Waals surface area contributed by atoms with Crippen molar-refractivity contribution in [2.24, 2.45) is 5.41 Å². The Morgan fingerprint density at radius 1 is 1.47 bits per heavy atom. The Labute approximate surface area is 113 Å². The van der Waals surface area contributed by atoms with E-state index in [1.807, 2.05) is 25.1 Å². The van der Waals surface area contributed by atoms with Crippen LogP contribution in [-0.2, 0) is 9.53 Å². The first-order valence-corrected chi connectivity index (χ1v) is 6.63. The summed E-state index contributed by atoms with van der Waals surface area (Å²) in [7, 11) is 0. The van der Waals surface area contributed by atoms with Crippen molar-refractivity contribution in [2.45, 2.75) is 13.0 Å². The van der Waals surface area contributed by atoms with E-state index in [0.29, 0.717) is 13.2 Å². The summed E-state index contributed by atoms with van der Waals surface area (Å²) in [5.74, 6) is 0.0354. The lowest BCUT2D eigenvalue weighted by molar-refractivity contribution is -0.124. The van der Waals surface area contributed by atoms with Gasteiger partial charge in [-0.2, -0.15) is 0 Å². The monoisotopic (exact) mass is 344 g/mol. The molecule has 2 N–H and O–H groups in total. The Balaban J connectivity index is 2.06. The van der Waals surface area contributed by atoms with E-state index < -0.39 is 5.41 Å². The van der Waals surface area contributed by atoms with E-state index in [1.54, 1.807) is 0 Å². The zero-order valence-electron chi connectivity index (χ0n) is 9.42. The van der Waals surface area contributed by atoms with Crippen LogP contribution in [0.1, 0.15) is 6.92 Å². The van der Waals surface area contributed by atoms with Crippen LogP contribution in [0.5, 0.6) is 0 Å². The third-order valence-electron chi connectivity index (χ3n) is 3.53. The van der Waals surface area contributed by atoms with Crippen LogP contribution < -0.4 is 10.6 Å². The Morgan fingerprint density at radius 3 is 3.12 bits per heavy atom. The second kappa shape index (κ2) is 3.84. The number of rotatable bonds is 0.